The topological polar surface area (TPSA) is 65.7 Å². The molecule has 4 rings (SSSR count). The Hall–Kier alpha value is -2.92. The molecule has 0 amide bonds. The van der Waals surface area contributed by atoms with Gasteiger partial charge in [0.05, 0.1) is 0 Å². The van der Waals surface area contributed by atoms with Gasteiger partial charge in [-0.1, -0.05) is 58.7 Å². The molecule has 2 aromatic carbocycles. The van der Waals surface area contributed by atoms with Crippen molar-refractivity contribution in [1.82, 2.24) is 24.4 Å². The number of alkyl halides is 3. The second-order valence-electron chi connectivity index (χ2n) is 6.35. The standard InChI is InChI=1S/C20H16F3N5OS2/c1-2-28-18(17-16(24-27-31-17)14-8-4-3-5-9-14)25-26-19(28)30-12-13-7-6-10-15(11-13)29-20(21,22)23/h3-11H,2,12H2,1H3. The summed E-state index contributed by atoms with van der Waals surface area (Å²) in [5, 5.41) is 13.5. The van der Waals surface area contributed by atoms with Gasteiger partial charge in [-0.15, -0.1) is 28.5 Å². The fourth-order valence-electron chi connectivity index (χ4n) is 2.95. The molecule has 2 aromatic heterocycles. The number of thioether (sulfide) groups is 1. The highest BCUT2D eigenvalue weighted by atomic mass is 32.2. The molecule has 0 N–H and O–H groups in total. The van der Waals surface area contributed by atoms with Crippen molar-refractivity contribution in [3.63, 3.8) is 0 Å². The molecule has 0 aliphatic carbocycles. The highest BCUT2D eigenvalue weighted by Gasteiger charge is 2.31. The summed E-state index contributed by atoms with van der Waals surface area (Å²) in [6.07, 6.45) is -4.72. The molecule has 0 bridgehead atoms. The van der Waals surface area contributed by atoms with Gasteiger partial charge in [-0.25, -0.2) is 0 Å². The van der Waals surface area contributed by atoms with Crippen LogP contribution in [0.4, 0.5) is 13.2 Å². The highest BCUT2D eigenvalue weighted by molar-refractivity contribution is 7.98. The van der Waals surface area contributed by atoms with E-state index in [1.165, 1.54) is 41.5 Å². The molecule has 2 heterocycles. The lowest BCUT2D eigenvalue weighted by atomic mass is 10.1. The van der Waals surface area contributed by atoms with Crippen LogP contribution >= 0.6 is 23.3 Å². The number of aromatic nitrogens is 5. The summed E-state index contributed by atoms with van der Waals surface area (Å²) in [5.41, 5.74) is 2.36. The predicted octanol–water partition coefficient (Wildman–Crippen LogP) is 5.67. The second-order valence-corrected chi connectivity index (χ2v) is 8.05. The normalized spacial score (nSPS) is 11.6. The third-order valence-electron chi connectivity index (χ3n) is 4.27. The zero-order chi connectivity index (χ0) is 21.8. The zero-order valence-electron chi connectivity index (χ0n) is 16.2. The first kappa shape index (κ1) is 21.3. The minimum atomic E-state index is -4.72. The monoisotopic (exact) mass is 463 g/mol. The number of benzene rings is 2. The maximum atomic E-state index is 12.5. The third-order valence-corrected chi connectivity index (χ3v) is 6.03. The van der Waals surface area contributed by atoms with Gasteiger partial charge < -0.3 is 9.30 Å². The van der Waals surface area contributed by atoms with Crippen LogP contribution in [-0.2, 0) is 12.3 Å². The van der Waals surface area contributed by atoms with Crippen molar-refractivity contribution in [3.05, 3.63) is 60.2 Å². The number of halogens is 3. The lowest BCUT2D eigenvalue weighted by Gasteiger charge is -2.10. The van der Waals surface area contributed by atoms with Crippen LogP contribution in [0.1, 0.15) is 12.5 Å². The van der Waals surface area contributed by atoms with Crippen molar-refractivity contribution in [2.75, 3.05) is 0 Å². The fourth-order valence-corrected chi connectivity index (χ4v) is 4.58. The molecule has 0 saturated carbocycles. The van der Waals surface area contributed by atoms with E-state index in [0.717, 1.165) is 16.1 Å². The number of nitrogens with zero attached hydrogens (tertiary/aromatic N) is 5. The van der Waals surface area contributed by atoms with E-state index in [1.807, 2.05) is 41.8 Å². The summed E-state index contributed by atoms with van der Waals surface area (Å²) in [5.74, 6) is 0.833. The van der Waals surface area contributed by atoms with E-state index in [0.29, 0.717) is 28.8 Å². The van der Waals surface area contributed by atoms with Gasteiger partial charge in [0.1, 0.15) is 16.3 Å². The van der Waals surface area contributed by atoms with Gasteiger partial charge in [-0.3, -0.25) is 0 Å². The molecular weight excluding hydrogens is 447 g/mol. The molecule has 11 heteroatoms. The summed E-state index contributed by atoms with van der Waals surface area (Å²) in [6, 6.07) is 15.6. The van der Waals surface area contributed by atoms with E-state index in [1.54, 1.807) is 6.07 Å². The Kier molecular flexibility index (Phi) is 6.23. The van der Waals surface area contributed by atoms with Crippen molar-refractivity contribution in [1.29, 1.82) is 0 Å². The smallest absolute Gasteiger partial charge is 0.406 e. The molecule has 0 atom stereocenters. The van der Waals surface area contributed by atoms with Crippen LogP contribution in [0.2, 0.25) is 0 Å². The second kappa shape index (κ2) is 9.06. The average molecular weight is 464 g/mol. The molecule has 0 aliphatic heterocycles. The summed E-state index contributed by atoms with van der Waals surface area (Å²) in [4.78, 5) is 0.813. The van der Waals surface area contributed by atoms with Crippen molar-refractivity contribution in [2.45, 2.75) is 30.7 Å². The molecule has 31 heavy (non-hydrogen) atoms. The summed E-state index contributed by atoms with van der Waals surface area (Å²) >= 11 is 2.63. The van der Waals surface area contributed by atoms with Gasteiger partial charge in [0, 0.05) is 17.9 Å². The molecule has 0 saturated heterocycles. The molecule has 6 nitrogen and oxygen atoms in total. The lowest BCUT2D eigenvalue weighted by molar-refractivity contribution is -0.274. The van der Waals surface area contributed by atoms with E-state index in [-0.39, 0.29) is 5.75 Å². The number of hydrogen-bond donors (Lipinski definition) is 0. The fraction of sp³-hybridized carbons (Fsp3) is 0.200. The maximum Gasteiger partial charge on any atom is 0.573 e. The average Bonchev–Trinajstić information content (AvgIpc) is 3.38. The molecule has 0 unspecified atom stereocenters. The van der Waals surface area contributed by atoms with Crippen LogP contribution in [0.25, 0.3) is 22.0 Å². The first-order valence-electron chi connectivity index (χ1n) is 9.23. The molecule has 160 valence electrons. The van der Waals surface area contributed by atoms with E-state index < -0.39 is 6.36 Å². The van der Waals surface area contributed by atoms with Gasteiger partial charge in [-0.2, -0.15) is 0 Å². The first-order valence-corrected chi connectivity index (χ1v) is 11.0. The molecular formula is C20H16F3N5OS2. The number of ether oxygens (including phenoxy) is 1. The van der Waals surface area contributed by atoms with Gasteiger partial charge in [0.25, 0.3) is 0 Å². The third kappa shape index (κ3) is 5.05. The summed E-state index contributed by atoms with van der Waals surface area (Å²) in [7, 11) is 0. The van der Waals surface area contributed by atoms with Crippen LogP contribution in [0.15, 0.2) is 59.8 Å². The molecule has 0 aliphatic rings. The Bertz CT molecular complexity index is 1160. The van der Waals surface area contributed by atoms with E-state index in [9.17, 15) is 13.2 Å². The van der Waals surface area contributed by atoms with E-state index in [4.69, 9.17) is 0 Å². The van der Waals surface area contributed by atoms with Crippen molar-refractivity contribution in [3.8, 4) is 27.7 Å². The zero-order valence-corrected chi connectivity index (χ0v) is 17.8. The van der Waals surface area contributed by atoms with Crippen LogP contribution < -0.4 is 4.74 Å². The van der Waals surface area contributed by atoms with Gasteiger partial charge in [0.2, 0.25) is 0 Å². The Morgan fingerprint density at radius 3 is 2.58 bits per heavy atom. The van der Waals surface area contributed by atoms with Crippen molar-refractivity contribution >= 4 is 23.3 Å². The highest BCUT2D eigenvalue weighted by Crippen LogP contribution is 2.34. The summed E-state index contributed by atoms with van der Waals surface area (Å²) < 4.78 is 47.4. The van der Waals surface area contributed by atoms with Gasteiger partial charge >= 0.3 is 6.36 Å². The Morgan fingerprint density at radius 2 is 1.84 bits per heavy atom. The number of hydrogen-bond acceptors (Lipinski definition) is 7. The molecule has 0 fully saturated rings. The molecule has 0 radical (unpaired) electrons. The van der Waals surface area contributed by atoms with Crippen LogP contribution in [-0.4, -0.2) is 30.7 Å². The van der Waals surface area contributed by atoms with Crippen LogP contribution in [0.5, 0.6) is 5.75 Å². The number of rotatable bonds is 7. The van der Waals surface area contributed by atoms with Crippen molar-refractivity contribution in [2.24, 2.45) is 0 Å². The Morgan fingerprint density at radius 1 is 1.03 bits per heavy atom. The minimum Gasteiger partial charge on any atom is -0.406 e. The largest absolute Gasteiger partial charge is 0.573 e. The van der Waals surface area contributed by atoms with E-state index >= 15 is 0 Å². The van der Waals surface area contributed by atoms with Crippen molar-refractivity contribution < 1.29 is 17.9 Å². The maximum absolute atomic E-state index is 12.5. The Balaban J connectivity index is 1.56. The van der Waals surface area contributed by atoms with Gasteiger partial charge in [0.15, 0.2) is 11.0 Å². The SMILES string of the molecule is CCn1c(SCc2cccc(OC(F)(F)F)c2)nnc1-c1snnc1-c1ccccc1. The first-order chi connectivity index (χ1) is 14.9. The van der Waals surface area contributed by atoms with Gasteiger partial charge in [-0.05, 0) is 36.2 Å². The van der Waals surface area contributed by atoms with Crippen LogP contribution in [0.3, 0.4) is 0 Å². The summed E-state index contributed by atoms with van der Waals surface area (Å²) in [6.45, 7) is 2.60. The Labute approximate surface area is 184 Å². The minimum absolute atomic E-state index is 0.244. The predicted molar refractivity (Wildman–Crippen MR) is 113 cm³/mol. The lowest BCUT2D eigenvalue weighted by Crippen LogP contribution is -2.17. The van der Waals surface area contributed by atoms with Crippen LogP contribution in [0, 0.1) is 0 Å². The van der Waals surface area contributed by atoms with E-state index in [2.05, 4.69) is 24.5 Å². The quantitative estimate of drug-likeness (QED) is 0.329. The molecule has 4 aromatic rings. The molecule has 0 spiro atoms.